The monoisotopic (exact) mass is 232 g/mol. The second kappa shape index (κ2) is 5.85. The second-order valence-electron chi connectivity index (χ2n) is 4.86. The molecule has 0 radical (unpaired) electrons. The maximum atomic E-state index is 12.1. The van der Waals surface area contributed by atoms with Gasteiger partial charge in [-0.2, -0.15) is 0 Å². The minimum Gasteiger partial charge on any atom is -0.497 e. The Labute approximate surface area is 103 Å². The van der Waals surface area contributed by atoms with Crippen molar-refractivity contribution in [2.45, 2.75) is 38.5 Å². The van der Waals surface area contributed by atoms with Crippen molar-refractivity contribution in [3.05, 3.63) is 29.8 Å². The molecule has 0 aliphatic heterocycles. The van der Waals surface area contributed by atoms with E-state index >= 15 is 0 Å². The van der Waals surface area contributed by atoms with Crippen LogP contribution in [-0.2, 0) is 0 Å². The molecule has 1 fully saturated rings. The summed E-state index contributed by atoms with van der Waals surface area (Å²) in [6, 6.07) is 7.48. The smallest absolute Gasteiger partial charge is 0.163 e. The molecule has 0 aromatic heterocycles. The maximum Gasteiger partial charge on any atom is 0.163 e. The van der Waals surface area contributed by atoms with Gasteiger partial charge >= 0.3 is 0 Å². The zero-order chi connectivity index (χ0) is 12.1. The first-order chi connectivity index (χ1) is 8.29. The number of hydrogen-bond acceptors (Lipinski definition) is 2. The molecule has 92 valence electrons. The first kappa shape index (κ1) is 12.2. The molecule has 0 N–H and O–H groups in total. The minimum atomic E-state index is 0.260. The van der Waals surface area contributed by atoms with Gasteiger partial charge in [-0.05, 0) is 18.1 Å². The number of benzene rings is 1. The molecule has 0 atom stereocenters. The highest BCUT2D eigenvalue weighted by Crippen LogP contribution is 2.27. The van der Waals surface area contributed by atoms with Gasteiger partial charge in [0.15, 0.2) is 5.78 Å². The Bertz CT molecular complexity index is 378. The molecule has 1 saturated carbocycles. The SMILES string of the molecule is COc1cccc(C(=O)CC2CCCCC2)c1. The summed E-state index contributed by atoms with van der Waals surface area (Å²) in [6.45, 7) is 0. The Hall–Kier alpha value is -1.31. The molecule has 0 bridgehead atoms. The van der Waals surface area contributed by atoms with Crippen LogP contribution in [0, 0.1) is 5.92 Å². The Morgan fingerprint density at radius 3 is 2.76 bits per heavy atom. The number of carbonyl (C=O) groups excluding carboxylic acids is 1. The average Bonchev–Trinajstić information content (AvgIpc) is 2.40. The molecule has 1 aromatic rings. The van der Waals surface area contributed by atoms with E-state index in [-0.39, 0.29) is 5.78 Å². The average molecular weight is 232 g/mol. The highest BCUT2D eigenvalue weighted by Gasteiger charge is 2.18. The fourth-order valence-electron chi connectivity index (χ4n) is 2.57. The van der Waals surface area contributed by atoms with Gasteiger partial charge in [0.2, 0.25) is 0 Å². The molecule has 2 nitrogen and oxygen atoms in total. The maximum absolute atomic E-state index is 12.1. The van der Waals surface area contributed by atoms with E-state index in [1.54, 1.807) is 7.11 Å². The van der Waals surface area contributed by atoms with Crippen LogP contribution in [-0.4, -0.2) is 12.9 Å². The molecule has 0 amide bonds. The van der Waals surface area contributed by atoms with Gasteiger partial charge in [-0.15, -0.1) is 0 Å². The van der Waals surface area contributed by atoms with E-state index in [1.165, 1.54) is 32.1 Å². The van der Waals surface area contributed by atoms with E-state index in [0.29, 0.717) is 12.3 Å². The van der Waals surface area contributed by atoms with E-state index in [0.717, 1.165) is 11.3 Å². The number of Topliss-reactive ketones (excluding diaryl/α,β-unsaturated/α-hetero) is 1. The summed E-state index contributed by atoms with van der Waals surface area (Å²) in [6.07, 6.45) is 7.05. The van der Waals surface area contributed by atoms with E-state index in [2.05, 4.69) is 0 Å². The predicted molar refractivity (Wildman–Crippen MR) is 68.5 cm³/mol. The van der Waals surface area contributed by atoms with E-state index in [1.807, 2.05) is 24.3 Å². The predicted octanol–water partition coefficient (Wildman–Crippen LogP) is 3.85. The van der Waals surface area contributed by atoms with Gasteiger partial charge in [0.05, 0.1) is 7.11 Å². The largest absolute Gasteiger partial charge is 0.497 e. The number of methoxy groups -OCH3 is 1. The highest BCUT2D eigenvalue weighted by atomic mass is 16.5. The number of ketones is 1. The van der Waals surface area contributed by atoms with Crippen LogP contribution in [0.15, 0.2) is 24.3 Å². The molecule has 17 heavy (non-hydrogen) atoms. The molecule has 1 aliphatic rings. The van der Waals surface area contributed by atoms with Crippen LogP contribution in [0.3, 0.4) is 0 Å². The Balaban J connectivity index is 1.98. The van der Waals surface area contributed by atoms with Crippen molar-refractivity contribution in [3.63, 3.8) is 0 Å². The third kappa shape index (κ3) is 3.32. The number of hydrogen-bond donors (Lipinski definition) is 0. The van der Waals surface area contributed by atoms with Crippen LogP contribution in [0.25, 0.3) is 0 Å². The molecular formula is C15H20O2. The van der Waals surface area contributed by atoms with Crippen LogP contribution in [0.2, 0.25) is 0 Å². The van der Waals surface area contributed by atoms with E-state index < -0.39 is 0 Å². The Morgan fingerprint density at radius 1 is 1.29 bits per heavy atom. The van der Waals surface area contributed by atoms with Gasteiger partial charge in [0, 0.05) is 12.0 Å². The van der Waals surface area contributed by atoms with Crippen LogP contribution in [0.1, 0.15) is 48.9 Å². The van der Waals surface area contributed by atoms with Crippen molar-refractivity contribution in [1.82, 2.24) is 0 Å². The lowest BCUT2D eigenvalue weighted by molar-refractivity contribution is 0.0950. The van der Waals surface area contributed by atoms with Crippen LogP contribution in [0.4, 0.5) is 0 Å². The summed E-state index contributed by atoms with van der Waals surface area (Å²) in [5.41, 5.74) is 0.787. The summed E-state index contributed by atoms with van der Waals surface area (Å²) in [5, 5.41) is 0. The van der Waals surface area contributed by atoms with Crippen molar-refractivity contribution in [2.24, 2.45) is 5.92 Å². The van der Waals surface area contributed by atoms with Gasteiger partial charge in [-0.25, -0.2) is 0 Å². The van der Waals surface area contributed by atoms with Crippen LogP contribution >= 0.6 is 0 Å². The molecule has 1 aliphatic carbocycles. The van der Waals surface area contributed by atoms with Gasteiger partial charge in [-0.3, -0.25) is 4.79 Å². The lowest BCUT2D eigenvalue weighted by Gasteiger charge is -2.20. The van der Waals surface area contributed by atoms with Crippen molar-refractivity contribution < 1.29 is 9.53 Å². The van der Waals surface area contributed by atoms with Crippen LogP contribution in [0.5, 0.6) is 5.75 Å². The fourth-order valence-corrected chi connectivity index (χ4v) is 2.57. The topological polar surface area (TPSA) is 26.3 Å². The first-order valence-electron chi connectivity index (χ1n) is 6.47. The summed E-state index contributed by atoms with van der Waals surface area (Å²) in [5.74, 6) is 1.62. The van der Waals surface area contributed by atoms with Crippen molar-refractivity contribution in [3.8, 4) is 5.75 Å². The van der Waals surface area contributed by atoms with Gasteiger partial charge < -0.3 is 4.74 Å². The fraction of sp³-hybridized carbons (Fsp3) is 0.533. The Morgan fingerprint density at radius 2 is 2.06 bits per heavy atom. The van der Waals surface area contributed by atoms with Crippen LogP contribution < -0.4 is 4.74 Å². The first-order valence-corrected chi connectivity index (χ1v) is 6.47. The van der Waals surface area contributed by atoms with Gasteiger partial charge in [0.1, 0.15) is 5.75 Å². The summed E-state index contributed by atoms with van der Waals surface area (Å²) >= 11 is 0. The second-order valence-corrected chi connectivity index (χ2v) is 4.86. The lowest BCUT2D eigenvalue weighted by Crippen LogP contribution is -2.12. The summed E-state index contributed by atoms with van der Waals surface area (Å²) in [7, 11) is 1.63. The molecule has 0 saturated heterocycles. The molecule has 2 rings (SSSR count). The van der Waals surface area contributed by atoms with E-state index in [9.17, 15) is 4.79 Å². The summed E-state index contributed by atoms with van der Waals surface area (Å²) < 4.78 is 5.14. The standard InChI is InChI=1S/C15H20O2/c1-17-14-9-5-8-13(11-14)15(16)10-12-6-3-2-4-7-12/h5,8-9,11-12H,2-4,6-7,10H2,1H3. The minimum absolute atomic E-state index is 0.260. The highest BCUT2D eigenvalue weighted by molar-refractivity contribution is 5.96. The molecule has 0 heterocycles. The molecular weight excluding hydrogens is 212 g/mol. The number of ether oxygens (including phenoxy) is 1. The molecule has 0 spiro atoms. The van der Waals surface area contributed by atoms with Gasteiger partial charge in [0.25, 0.3) is 0 Å². The molecule has 2 heteroatoms. The lowest BCUT2D eigenvalue weighted by atomic mass is 9.85. The van der Waals surface area contributed by atoms with Crippen molar-refractivity contribution >= 4 is 5.78 Å². The van der Waals surface area contributed by atoms with Crippen molar-refractivity contribution in [1.29, 1.82) is 0 Å². The quantitative estimate of drug-likeness (QED) is 0.737. The number of rotatable bonds is 4. The molecule has 1 aromatic carbocycles. The molecule has 0 unspecified atom stereocenters. The normalized spacial score (nSPS) is 16.8. The Kier molecular flexibility index (Phi) is 4.18. The zero-order valence-electron chi connectivity index (χ0n) is 10.4. The third-order valence-corrected chi connectivity index (χ3v) is 3.59. The van der Waals surface area contributed by atoms with Gasteiger partial charge in [-0.1, -0.05) is 44.2 Å². The van der Waals surface area contributed by atoms with E-state index in [4.69, 9.17) is 4.74 Å². The number of carbonyl (C=O) groups is 1. The van der Waals surface area contributed by atoms with Crippen molar-refractivity contribution in [2.75, 3.05) is 7.11 Å². The summed E-state index contributed by atoms with van der Waals surface area (Å²) in [4.78, 5) is 12.1. The zero-order valence-corrected chi connectivity index (χ0v) is 10.4. The third-order valence-electron chi connectivity index (χ3n) is 3.59.